The fourth-order valence-corrected chi connectivity index (χ4v) is 1.22. The standard InChI is InChI=1S/C8H7Cl2NO/c9-6-1-2-7(11)5(3-6)4-8(10)12/h1-3H,4,11H2. The van der Waals surface area contributed by atoms with Crippen LogP contribution in [-0.2, 0) is 11.2 Å². The predicted octanol–water partition coefficient (Wildman–Crippen LogP) is 2.23. The first-order valence-electron chi connectivity index (χ1n) is 3.32. The van der Waals surface area contributed by atoms with Crippen LogP contribution in [0.3, 0.4) is 0 Å². The molecule has 2 N–H and O–H groups in total. The molecule has 4 heteroatoms. The fraction of sp³-hybridized carbons (Fsp3) is 0.125. The van der Waals surface area contributed by atoms with Crippen LogP contribution >= 0.6 is 23.2 Å². The molecule has 0 radical (unpaired) electrons. The Bertz CT molecular complexity index is 312. The molecule has 0 heterocycles. The van der Waals surface area contributed by atoms with Gasteiger partial charge < -0.3 is 5.73 Å². The molecule has 0 aliphatic heterocycles. The topological polar surface area (TPSA) is 43.1 Å². The average Bonchev–Trinajstić information content (AvgIpc) is 1.96. The largest absolute Gasteiger partial charge is 0.398 e. The zero-order valence-corrected chi connectivity index (χ0v) is 7.69. The van der Waals surface area contributed by atoms with Gasteiger partial charge in [0.1, 0.15) is 0 Å². The molecule has 0 aromatic heterocycles. The lowest BCUT2D eigenvalue weighted by Crippen LogP contribution is -1.98. The summed E-state index contributed by atoms with van der Waals surface area (Å²) in [5.74, 6) is 0. The van der Waals surface area contributed by atoms with Crippen molar-refractivity contribution in [3.05, 3.63) is 28.8 Å². The van der Waals surface area contributed by atoms with Crippen molar-refractivity contribution in [1.29, 1.82) is 0 Å². The van der Waals surface area contributed by atoms with E-state index in [1.54, 1.807) is 18.2 Å². The molecule has 0 atom stereocenters. The Kier molecular flexibility index (Phi) is 2.95. The van der Waals surface area contributed by atoms with Gasteiger partial charge in [-0.05, 0) is 35.4 Å². The Hall–Kier alpha value is -0.730. The Morgan fingerprint density at radius 3 is 2.75 bits per heavy atom. The first-order chi connectivity index (χ1) is 5.59. The number of halogens is 2. The van der Waals surface area contributed by atoms with Crippen LogP contribution in [0.2, 0.25) is 5.02 Å². The van der Waals surface area contributed by atoms with Crippen molar-refractivity contribution < 1.29 is 4.79 Å². The van der Waals surface area contributed by atoms with Crippen LogP contribution in [0, 0.1) is 0 Å². The van der Waals surface area contributed by atoms with Crippen LogP contribution in [0.25, 0.3) is 0 Å². The van der Waals surface area contributed by atoms with Crippen molar-refractivity contribution in [3.63, 3.8) is 0 Å². The van der Waals surface area contributed by atoms with Gasteiger partial charge in [0.25, 0.3) is 0 Å². The van der Waals surface area contributed by atoms with E-state index in [0.717, 1.165) is 0 Å². The lowest BCUT2D eigenvalue weighted by molar-refractivity contribution is -0.111. The first-order valence-corrected chi connectivity index (χ1v) is 4.07. The van der Waals surface area contributed by atoms with Crippen LogP contribution in [0.15, 0.2) is 18.2 Å². The predicted molar refractivity (Wildman–Crippen MR) is 50.4 cm³/mol. The number of nitrogens with two attached hydrogens (primary N) is 1. The second kappa shape index (κ2) is 3.78. The Balaban J connectivity index is 2.97. The minimum absolute atomic E-state index is 0.119. The number of carbonyl (C=O) groups is 1. The van der Waals surface area contributed by atoms with E-state index in [1.807, 2.05) is 0 Å². The number of hydrogen-bond donors (Lipinski definition) is 1. The maximum absolute atomic E-state index is 10.5. The maximum Gasteiger partial charge on any atom is 0.226 e. The molecule has 0 amide bonds. The summed E-state index contributed by atoms with van der Waals surface area (Å²) in [7, 11) is 0. The van der Waals surface area contributed by atoms with Gasteiger partial charge in [-0.3, -0.25) is 4.79 Å². The molecular formula is C8H7Cl2NO. The van der Waals surface area contributed by atoms with E-state index in [2.05, 4.69) is 0 Å². The Morgan fingerprint density at radius 1 is 1.50 bits per heavy atom. The molecule has 12 heavy (non-hydrogen) atoms. The van der Waals surface area contributed by atoms with Crippen molar-refractivity contribution in [2.75, 3.05) is 5.73 Å². The molecule has 0 spiro atoms. The van der Waals surface area contributed by atoms with Gasteiger partial charge in [0.2, 0.25) is 5.24 Å². The van der Waals surface area contributed by atoms with Gasteiger partial charge >= 0.3 is 0 Å². The summed E-state index contributed by atoms with van der Waals surface area (Å²) in [6.45, 7) is 0. The number of hydrogen-bond acceptors (Lipinski definition) is 2. The van der Waals surface area contributed by atoms with E-state index in [-0.39, 0.29) is 6.42 Å². The average molecular weight is 204 g/mol. The monoisotopic (exact) mass is 203 g/mol. The molecule has 1 rings (SSSR count). The summed E-state index contributed by atoms with van der Waals surface area (Å²) < 4.78 is 0. The van der Waals surface area contributed by atoms with Crippen LogP contribution in [0.4, 0.5) is 5.69 Å². The minimum atomic E-state index is -0.441. The van der Waals surface area contributed by atoms with E-state index >= 15 is 0 Å². The van der Waals surface area contributed by atoms with Gasteiger partial charge in [-0.2, -0.15) is 0 Å². The van der Waals surface area contributed by atoms with Gasteiger partial charge in [0.15, 0.2) is 0 Å². The molecule has 0 saturated heterocycles. The molecule has 0 saturated carbocycles. The molecule has 64 valence electrons. The third-order valence-electron chi connectivity index (χ3n) is 1.43. The van der Waals surface area contributed by atoms with Gasteiger partial charge in [-0.15, -0.1) is 0 Å². The number of rotatable bonds is 2. The van der Waals surface area contributed by atoms with Crippen LogP contribution in [0.1, 0.15) is 5.56 Å². The first kappa shape index (κ1) is 9.36. The summed E-state index contributed by atoms with van der Waals surface area (Å²) in [5.41, 5.74) is 6.77. The molecule has 0 unspecified atom stereocenters. The summed E-state index contributed by atoms with van der Waals surface area (Å²) in [6, 6.07) is 4.95. The van der Waals surface area contributed by atoms with Crippen molar-refractivity contribution in [2.45, 2.75) is 6.42 Å². The molecule has 1 aromatic rings. The Labute approximate surface area is 80.3 Å². The number of anilines is 1. The molecule has 0 fully saturated rings. The highest BCUT2D eigenvalue weighted by Gasteiger charge is 2.03. The second-order valence-corrected chi connectivity index (χ2v) is 3.23. The molecule has 0 aliphatic rings. The van der Waals surface area contributed by atoms with Gasteiger partial charge in [0.05, 0.1) is 0 Å². The smallest absolute Gasteiger partial charge is 0.226 e. The van der Waals surface area contributed by atoms with Gasteiger partial charge in [-0.25, -0.2) is 0 Å². The molecule has 0 aliphatic carbocycles. The molecular weight excluding hydrogens is 197 g/mol. The van der Waals surface area contributed by atoms with E-state index < -0.39 is 5.24 Å². The summed E-state index contributed by atoms with van der Waals surface area (Å²) in [4.78, 5) is 10.5. The van der Waals surface area contributed by atoms with Crippen LogP contribution < -0.4 is 5.73 Å². The SMILES string of the molecule is Nc1ccc(Cl)cc1CC(=O)Cl. The van der Waals surface area contributed by atoms with Gasteiger partial charge in [-0.1, -0.05) is 11.6 Å². The van der Waals surface area contributed by atoms with E-state index in [9.17, 15) is 4.79 Å². The number of benzene rings is 1. The third-order valence-corrected chi connectivity index (χ3v) is 1.80. The van der Waals surface area contributed by atoms with Gasteiger partial charge in [0, 0.05) is 17.1 Å². The van der Waals surface area contributed by atoms with Crippen molar-refractivity contribution >= 4 is 34.1 Å². The lowest BCUT2D eigenvalue weighted by Gasteiger charge is -2.02. The normalized spacial score (nSPS) is 9.83. The summed E-state index contributed by atoms with van der Waals surface area (Å²) in [5, 5.41) is 0.112. The minimum Gasteiger partial charge on any atom is -0.398 e. The molecule has 1 aromatic carbocycles. The second-order valence-electron chi connectivity index (χ2n) is 2.38. The third kappa shape index (κ3) is 2.40. The van der Waals surface area contributed by atoms with E-state index in [4.69, 9.17) is 28.9 Å². The van der Waals surface area contributed by atoms with E-state index in [1.165, 1.54) is 0 Å². The zero-order valence-electron chi connectivity index (χ0n) is 6.18. The van der Waals surface area contributed by atoms with Crippen LogP contribution in [0.5, 0.6) is 0 Å². The lowest BCUT2D eigenvalue weighted by atomic mass is 10.1. The highest BCUT2D eigenvalue weighted by molar-refractivity contribution is 6.63. The Morgan fingerprint density at radius 2 is 2.17 bits per heavy atom. The molecule has 0 bridgehead atoms. The summed E-state index contributed by atoms with van der Waals surface area (Å²) in [6.07, 6.45) is 0.119. The quantitative estimate of drug-likeness (QED) is 0.592. The van der Waals surface area contributed by atoms with Crippen molar-refractivity contribution in [3.8, 4) is 0 Å². The van der Waals surface area contributed by atoms with Crippen LogP contribution in [-0.4, -0.2) is 5.24 Å². The fourth-order valence-electron chi connectivity index (χ4n) is 0.877. The highest BCUT2D eigenvalue weighted by Crippen LogP contribution is 2.18. The molecule has 2 nitrogen and oxygen atoms in total. The van der Waals surface area contributed by atoms with Crippen molar-refractivity contribution in [2.24, 2.45) is 0 Å². The maximum atomic E-state index is 10.5. The van der Waals surface area contributed by atoms with E-state index in [0.29, 0.717) is 16.3 Å². The summed E-state index contributed by atoms with van der Waals surface area (Å²) >= 11 is 10.9. The van der Waals surface area contributed by atoms with Crippen molar-refractivity contribution in [1.82, 2.24) is 0 Å². The zero-order chi connectivity index (χ0) is 9.14. The highest BCUT2D eigenvalue weighted by atomic mass is 35.5. The number of nitrogen functional groups attached to an aromatic ring is 1. The number of carbonyl (C=O) groups excluding carboxylic acids is 1.